The number of unbranched alkanes of at least 4 members (excludes halogenated alkanes) is 16. The van der Waals surface area contributed by atoms with Crippen molar-refractivity contribution in [2.45, 2.75) is 167 Å². The molecule has 1 amide bonds. The van der Waals surface area contributed by atoms with E-state index < -0.39 is 20.0 Å². The minimum absolute atomic E-state index is 0.0709. The molecule has 0 aliphatic carbocycles. The highest BCUT2D eigenvalue weighted by Crippen LogP contribution is 2.43. The lowest BCUT2D eigenvalue weighted by atomic mass is 10.1. The monoisotopic (exact) mass is 683 g/mol. The van der Waals surface area contributed by atoms with Crippen LogP contribution in [0.3, 0.4) is 0 Å². The van der Waals surface area contributed by atoms with E-state index in [9.17, 15) is 19.4 Å². The van der Waals surface area contributed by atoms with Crippen LogP contribution in [0.4, 0.5) is 0 Å². The third-order valence-electron chi connectivity index (χ3n) is 7.88. The number of allylic oxidation sites excluding steroid dienone is 7. The van der Waals surface area contributed by atoms with Crippen molar-refractivity contribution < 1.29 is 28.4 Å². The number of aliphatic hydroxyl groups excluding tert-OH is 1. The van der Waals surface area contributed by atoms with Gasteiger partial charge in [-0.25, -0.2) is 4.57 Å². The maximum Gasteiger partial charge on any atom is 0.472 e. The molecule has 5 N–H and O–H groups in total. The van der Waals surface area contributed by atoms with Crippen LogP contribution in [0.2, 0.25) is 0 Å². The van der Waals surface area contributed by atoms with Crippen molar-refractivity contribution in [1.82, 2.24) is 5.32 Å². The van der Waals surface area contributed by atoms with Gasteiger partial charge in [-0.2, -0.15) is 0 Å². The second-order valence-corrected chi connectivity index (χ2v) is 13.9. The first kappa shape index (κ1) is 45.5. The Labute approximate surface area is 288 Å². The Morgan fingerprint density at radius 1 is 0.702 bits per heavy atom. The predicted molar refractivity (Wildman–Crippen MR) is 198 cm³/mol. The largest absolute Gasteiger partial charge is 0.472 e. The van der Waals surface area contributed by atoms with E-state index in [1.165, 1.54) is 77.0 Å². The fraction of sp³-hybridized carbons (Fsp3) is 0.763. The molecular formula is C38H71N2O6P. The van der Waals surface area contributed by atoms with Crippen LogP contribution in [0.5, 0.6) is 0 Å². The summed E-state index contributed by atoms with van der Waals surface area (Å²) in [6, 6.07) is -0.879. The molecule has 0 aliphatic rings. The zero-order chi connectivity index (χ0) is 34.7. The normalized spacial score (nSPS) is 14.9. The summed E-state index contributed by atoms with van der Waals surface area (Å²) in [6.45, 7) is 4.03. The van der Waals surface area contributed by atoms with Gasteiger partial charge in [0.05, 0.1) is 25.4 Å². The van der Waals surface area contributed by atoms with Crippen molar-refractivity contribution in [2.75, 3.05) is 19.8 Å². The summed E-state index contributed by atoms with van der Waals surface area (Å²) < 4.78 is 22.0. The standard InChI is InChI=1S/C38H71N2O6P/c1-3-5-7-9-11-13-15-16-17-18-19-20-22-24-26-28-30-32-38(42)40-36(35-46-47(43,44)45-34-33-39)37(41)31-29-27-25-23-21-14-12-10-8-6-4-2/h11,13,16-17,21,23,29,31,36-37,41H,3-10,12,14-15,18-20,22,24-28,30,32-35,39H2,1-2H3,(H,40,42)(H,43,44)/b13-11-,17-16-,23-21+,31-29+. The maximum atomic E-state index is 12.7. The van der Waals surface area contributed by atoms with E-state index in [4.69, 9.17) is 14.8 Å². The van der Waals surface area contributed by atoms with Gasteiger partial charge in [-0.1, -0.05) is 133 Å². The van der Waals surface area contributed by atoms with Gasteiger partial charge in [0.15, 0.2) is 0 Å². The lowest BCUT2D eigenvalue weighted by molar-refractivity contribution is -0.123. The molecular weight excluding hydrogens is 611 g/mol. The molecule has 0 radical (unpaired) electrons. The number of nitrogens with one attached hydrogen (secondary N) is 1. The molecule has 0 aliphatic heterocycles. The van der Waals surface area contributed by atoms with Crippen LogP contribution in [0.15, 0.2) is 48.6 Å². The summed E-state index contributed by atoms with van der Waals surface area (Å²) in [5.41, 5.74) is 5.34. The third-order valence-corrected chi connectivity index (χ3v) is 8.86. The Bertz CT molecular complexity index is 876. The van der Waals surface area contributed by atoms with Crippen LogP contribution in [-0.2, 0) is 18.4 Å². The van der Waals surface area contributed by atoms with Gasteiger partial charge in [0.2, 0.25) is 5.91 Å². The molecule has 8 nitrogen and oxygen atoms in total. The second-order valence-electron chi connectivity index (χ2n) is 12.4. The molecule has 0 rings (SSSR count). The highest BCUT2D eigenvalue weighted by molar-refractivity contribution is 7.47. The molecule has 0 aromatic heterocycles. The van der Waals surface area contributed by atoms with Crippen molar-refractivity contribution in [3.8, 4) is 0 Å². The number of hydrogen-bond acceptors (Lipinski definition) is 6. The minimum atomic E-state index is -4.34. The summed E-state index contributed by atoms with van der Waals surface area (Å²) in [4.78, 5) is 22.6. The molecule has 0 saturated heterocycles. The molecule has 0 bridgehead atoms. The minimum Gasteiger partial charge on any atom is -0.387 e. The summed E-state index contributed by atoms with van der Waals surface area (Å²) in [5.74, 6) is -0.217. The van der Waals surface area contributed by atoms with E-state index in [0.29, 0.717) is 6.42 Å². The van der Waals surface area contributed by atoms with Gasteiger partial charge in [0, 0.05) is 13.0 Å². The predicted octanol–water partition coefficient (Wildman–Crippen LogP) is 9.77. The molecule has 0 heterocycles. The topological polar surface area (TPSA) is 131 Å². The number of carbonyl (C=O) groups excluding carboxylic acids is 1. The zero-order valence-corrected chi connectivity index (χ0v) is 30.9. The number of nitrogens with two attached hydrogens (primary N) is 1. The summed E-state index contributed by atoms with van der Waals surface area (Å²) in [5, 5.41) is 13.5. The Morgan fingerprint density at radius 3 is 1.81 bits per heavy atom. The van der Waals surface area contributed by atoms with Gasteiger partial charge < -0.3 is 21.1 Å². The molecule has 0 spiro atoms. The second kappa shape index (κ2) is 34.3. The van der Waals surface area contributed by atoms with E-state index in [2.05, 4.69) is 55.6 Å². The van der Waals surface area contributed by atoms with Crippen LogP contribution >= 0.6 is 7.82 Å². The van der Waals surface area contributed by atoms with Crippen LogP contribution in [0, 0.1) is 0 Å². The van der Waals surface area contributed by atoms with E-state index in [0.717, 1.165) is 57.8 Å². The van der Waals surface area contributed by atoms with Crippen molar-refractivity contribution in [2.24, 2.45) is 5.73 Å². The summed E-state index contributed by atoms with van der Waals surface area (Å²) >= 11 is 0. The summed E-state index contributed by atoms with van der Waals surface area (Å²) in [7, 11) is -4.34. The van der Waals surface area contributed by atoms with Gasteiger partial charge in [0.1, 0.15) is 0 Å². The SMILES string of the molecule is CCCCC/C=C\C/C=C\CCCCCCCCCC(=O)NC(COP(=O)(O)OCCN)C(O)/C=C/CC/C=C/CCCCCCC. The van der Waals surface area contributed by atoms with Crippen LogP contribution in [-0.4, -0.2) is 47.8 Å². The first-order valence-electron chi connectivity index (χ1n) is 18.8. The highest BCUT2D eigenvalue weighted by Gasteiger charge is 2.26. The fourth-order valence-electron chi connectivity index (χ4n) is 5.00. The van der Waals surface area contributed by atoms with Crippen molar-refractivity contribution in [3.05, 3.63) is 48.6 Å². The van der Waals surface area contributed by atoms with Crippen molar-refractivity contribution >= 4 is 13.7 Å². The molecule has 3 unspecified atom stereocenters. The fourth-order valence-corrected chi connectivity index (χ4v) is 5.76. The first-order valence-corrected chi connectivity index (χ1v) is 20.3. The molecule has 3 atom stereocenters. The van der Waals surface area contributed by atoms with E-state index in [1.807, 2.05) is 6.08 Å². The molecule has 0 aromatic rings. The van der Waals surface area contributed by atoms with E-state index in [-0.39, 0.29) is 25.7 Å². The Morgan fingerprint density at radius 2 is 1.19 bits per heavy atom. The number of phosphoric ester groups is 1. The van der Waals surface area contributed by atoms with E-state index >= 15 is 0 Å². The molecule has 47 heavy (non-hydrogen) atoms. The summed E-state index contributed by atoms with van der Waals surface area (Å²) in [6.07, 6.45) is 40.1. The average molecular weight is 683 g/mol. The lowest BCUT2D eigenvalue weighted by Gasteiger charge is -2.23. The van der Waals surface area contributed by atoms with Crippen LogP contribution in [0.1, 0.15) is 155 Å². The number of aliphatic hydroxyl groups is 1. The molecule has 0 saturated carbocycles. The third kappa shape index (κ3) is 32.8. The number of amides is 1. The number of phosphoric acid groups is 1. The van der Waals surface area contributed by atoms with Gasteiger partial charge >= 0.3 is 7.82 Å². The Kier molecular flexibility index (Phi) is 33.2. The molecule has 9 heteroatoms. The van der Waals surface area contributed by atoms with Gasteiger partial charge in [-0.3, -0.25) is 13.8 Å². The van der Waals surface area contributed by atoms with Crippen molar-refractivity contribution in [3.63, 3.8) is 0 Å². The van der Waals surface area contributed by atoms with Crippen LogP contribution < -0.4 is 11.1 Å². The quantitative estimate of drug-likeness (QED) is 0.0302. The van der Waals surface area contributed by atoms with Crippen LogP contribution in [0.25, 0.3) is 0 Å². The molecule has 0 aromatic carbocycles. The van der Waals surface area contributed by atoms with E-state index in [1.54, 1.807) is 6.08 Å². The van der Waals surface area contributed by atoms with Gasteiger partial charge in [-0.15, -0.1) is 0 Å². The Hall–Kier alpha value is -1.54. The Balaban J connectivity index is 4.34. The lowest BCUT2D eigenvalue weighted by Crippen LogP contribution is -2.45. The first-order chi connectivity index (χ1) is 22.9. The smallest absolute Gasteiger partial charge is 0.387 e. The highest BCUT2D eigenvalue weighted by atomic mass is 31.2. The van der Waals surface area contributed by atoms with Gasteiger partial charge in [0.25, 0.3) is 0 Å². The molecule has 274 valence electrons. The maximum absolute atomic E-state index is 12.7. The molecule has 0 fully saturated rings. The van der Waals surface area contributed by atoms with Crippen molar-refractivity contribution in [1.29, 1.82) is 0 Å². The number of carbonyl (C=O) groups is 1. The van der Waals surface area contributed by atoms with Gasteiger partial charge in [-0.05, 0) is 64.2 Å². The average Bonchev–Trinajstić information content (AvgIpc) is 3.05. The number of hydrogen-bond donors (Lipinski definition) is 4. The zero-order valence-electron chi connectivity index (χ0n) is 30.0. The number of rotatable bonds is 34.